The molecule has 10 heavy (non-hydrogen) atoms. The second-order valence-corrected chi connectivity index (χ2v) is 2.99. The minimum Gasteiger partial charge on any atom is -0.213 e. The molecule has 0 saturated carbocycles. The number of rotatable bonds is 0. The molecule has 0 radical (unpaired) electrons. The maximum atomic E-state index is 11.9. The first-order valence-corrected chi connectivity index (χ1v) is 2.86. The first-order valence-electron chi connectivity index (χ1n) is 2.04. The fourth-order valence-electron chi connectivity index (χ4n) is 0.374. The summed E-state index contributed by atoms with van der Waals surface area (Å²) in [6.07, 6.45) is -5.47. The highest BCUT2D eigenvalue weighted by Gasteiger charge is 2.88. The van der Waals surface area contributed by atoms with Crippen LogP contribution in [0.15, 0.2) is 0 Å². The molecule has 1 saturated heterocycles. The Morgan fingerprint density at radius 2 is 1.30 bits per heavy atom. The van der Waals surface area contributed by atoms with E-state index in [9.17, 15) is 26.3 Å². The van der Waals surface area contributed by atoms with Gasteiger partial charge < -0.3 is 0 Å². The van der Waals surface area contributed by atoms with E-state index in [-0.39, 0.29) is 0 Å². The van der Waals surface area contributed by atoms with Gasteiger partial charge in [-0.05, 0) is 11.8 Å². The zero-order valence-corrected chi connectivity index (χ0v) is 4.99. The highest BCUT2D eigenvalue weighted by Crippen LogP contribution is 2.73. The van der Waals surface area contributed by atoms with Crippen LogP contribution in [0, 0.1) is 0 Å². The summed E-state index contributed by atoms with van der Waals surface area (Å²) < 4.78 is 68.7. The largest absolute Gasteiger partial charge is 0.439 e. The second kappa shape index (κ2) is 1.57. The molecule has 0 aromatic carbocycles. The Balaban J connectivity index is 2.78. The van der Waals surface area contributed by atoms with E-state index >= 15 is 0 Å². The fourth-order valence-corrected chi connectivity index (χ4v) is 0.908. The Bertz CT molecular complexity index is 161. The Morgan fingerprint density at radius 3 is 1.30 bits per heavy atom. The van der Waals surface area contributed by atoms with Gasteiger partial charge in [0.05, 0.1) is 0 Å². The monoisotopic (exact) mass is 182 g/mol. The molecule has 1 atom stereocenters. The van der Waals surface area contributed by atoms with Crippen molar-refractivity contribution in [1.82, 2.24) is 0 Å². The van der Waals surface area contributed by atoms with Crippen LogP contribution in [0.1, 0.15) is 0 Å². The molecule has 1 rings (SSSR count). The molecule has 0 amide bonds. The molecule has 1 heterocycles. The summed E-state index contributed by atoms with van der Waals surface area (Å²) in [4.78, 5) is 0. The van der Waals surface area contributed by atoms with Crippen molar-refractivity contribution in [3.63, 3.8) is 0 Å². The molecule has 0 aromatic heterocycles. The lowest BCUT2D eigenvalue weighted by Crippen LogP contribution is -2.31. The van der Waals surface area contributed by atoms with Gasteiger partial charge in [0.2, 0.25) is 0 Å². The van der Waals surface area contributed by atoms with Crippen molar-refractivity contribution in [3.8, 4) is 0 Å². The molecule has 60 valence electrons. The summed E-state index contributed by atoms with van der Waals surface area (Å²) >= 11 is -1.02. The lowest BCUT2D eigenvalue weighted by Gasteiger charge is -2.07. The van der Waals surface area contributed by atoms with Crippen LogP contribution in [0.25, 0.3) is 0 Å². The van der Waals surface area contributed by atoms with E-state index in [1.54, 1.807) is 0 Å². The van der Waals surface area contributed by atoms with Gasteiger partial charge in [0.25, 0.3) is 0 Å². The lowest BCUT2D eigenvalue weighted by atomic mass is 10.4. The predicted molar refractivity (Wildman–Crippen MR) is 22.4 cm³/mol. The molecule has 1 aliphatic heterocycles. The minimum absolute atomic E-state index is 1.02. The summed E-state index contributed by atoms with van der Waals surface area (Å²) in [5.41, 5.74) is 0. The van der Waals surface area contributed by atoms with Gasteiger partial charge in [0.1, 0.15) is 0 Å². The van der Waals surface area contributed by atoms with Gasteiger partial charge in [-0.2, -0.15) is 22.0 Å². The van der Waals surface area contributed by atoms with Crippen LogP contribution in [-0.4, -0.2) is 16.4 Å². The second-order valence-electron chi connectivity index (χ2n) is 1.71. The van der Waals surface area contributed by atoms with Crippen molar-refractivity contribution in [3.05, 3.63) is 0 Å². The normalized spacial score (nSPS) is 37.8. The summed E-state index contributed by atoms with van der Waals surface area (Å²) in [5, 5.41) is -8.62. The van der Waals surface area contributed by atoms with Gasteiger partial charge in [-0.3, -0.25) is 0 Å². The molecule has 0 N–H and O–H groups in total. The Morgan fingerprint density at radius 1 is 1.00 bits per heavy atom. The summed E-state index contributed by atoms with van der Waals surface area (Å²) in [7, 11) is 0. The highest BCUT2D eigenvalue weighted by molar-refractivity contribution is 8.09. The van der Waals surface area contributed by atoms with E-state index in [2.05, 4.69) is 0 Å². The zero-order chi connectivity index (χ0) is 8.21. The summed E-state index contributed by atoms with van der Waals surface area (Å²) in [6.45, 7) is 0. The van der Waals surface area contributed by atoms with E-state index in [4.69, 9.17) is 0 Å². The van der Waals surface area contributed by atoms with Crippen molar-refractivity contribution in [2.24, 2.45) is 0 Å². The molecule has 1 fully saturated rings. The third-order valence-corrected chi connectivity index (χ3v) is 2.07. The third kappa shape index (κ3) is 0.792. The minimum atomic E-state index is -5.47. The molecule has 0 spiro atoms. The highest BCUT2D eigenvalue weighted by atomic mass is 32.2. The van der Waals surface area contributed by atoms with Crippen molar-refractivity contribution in [1.29, 1.82) is 0 Å². The van der Waals surface area contributed by atoms with Crippen LogP contribution in [0.3, 0.4) is 0 Å². The van der Waals surface area contributed by atoms with E-state index < -0.39 is 28.2 Å². The average Bonchev–Trinajstić information content (AvgIpc) is 2.05. The van der Waals surface area contributed by atoms with Crippen molar-refractivity contribution in [2.45, 2.75) is 16.4 Å². The molecule has 0 nitrogen and oxygen atoms in total. The first-order chi connectivity index (χ1) is 4.21. The molecular weight excluding hydrogens is 182 g/mol. The van der Waals surface area contributed by atoms with E-state index in [1.165, 1.54) is 0 Å². The van der Waals surface area contributed by atoms with Crippen LogP contribution in [0.4, 0.5) is 26.3 Å². The molecule has 0 aliphatic carbocycles. The SMILES string of the molecule is FC(F)(F)C1(F)SC1(F)F. The van der Waals surface area contributed by atoms with Gasteiger partial charge in [-0.15, -0.1) is 0 Å². The maximum absolute atomic E-state index is 11.9. The van der Waals surface area contributed by atoms with Gasteiger partial charge in [-0.1, -0.05) is 0 Å². The number of alkyl halides is 6. The van der Waals surface area contributed by atoms with Gasteiger partial charge in [0.15, 0.2) is 0 Å². The number of thioether (sulfide) groups is 1. The molecule has 1 aliphatic rings. The van der Waals surface area contributed by atoms with Gasteiger partial charge >= 0.3 is 16.4 Å². The first kappa shape index (κ1) is 8.03. The number of hydrogen-bond acceptors (Lipinski definition) is 1. The fraction of sp³-hybridized carbons (Fsp3) is 1.00. The Kier molecular flexibility index (Phi) is 1.26. The summed E-state index contributed by atoms with van der Waals surface area (Å²) in [6, 6.07) is 0. The van der Waals surface area contributed by atoms with E-state index in [0.717, 1.165) is 0 Å². The van der Waals surface area contributed by atoms with Crippen molar-refractivity contribution in [2.75, 3.05) is 0 Å². The van der Waals surface area contributed by atoms with E-state index in [0.29, 0.717) is 0 Å². The van der Waals surface area contributed by atoms with Crippen LogP contribution in [0.2, 0.25) is 0 Å². The maximum Gasteiger partial charge on any atom is 0.439 e. The number of halogens is 6. The van der Waals surface area contributed by atoms with Crippen molar-refractivity contribution >= 4 is 11.8 Å². The molecule has 1 unspecified atom stereocenters. The van der Waals surface area contributed by atoms with E-state index in [1.807, 2.05) is 0 Å². The topological polar surface area (TPSA) is 0 Å². The Labute approximate surface area is 55.6 Å². The van der Waals surface area contributed by atoms with Crippen LogP contribution < -0.4 is 0 Å². The zero-order valence-electron chi connectivity index (χ0n) is 4.18. The molecular formula is C3F6S. The predicted octanol–water partition coefficient (Wildman–Crippen LogP) is 2.55. The molecule has 7 heteroatoms. The lowest BCUT2D eigenvalue weighted by molar-refractivity contribution is -0.213. The standard InChI is InChI=1S/C3F6S/c4-1(2(5,6)7)3(8,9)10-1. The Hall–Kier alpha value is -0.0700. The third-order valence-electron chi connectivity index (χ3n) is 0.966. The molecule has 0 aromatic rings. The number of hydrogen-bond donors (Lipinski definition) is 0. The molecule has 0 bridgehead atoms. The quantitative estimate of drug-likeness (QED) is 0.409. The van der Waals surface area contributed by atoms with Crippen LogP contribution in [0.5, 0.6) is 0 Å². The van der Waals surface area contributed by atoms with Gasteiger partial charge in [-0.25, -0.2) is 4.39 Å². The van der Waals surface area contributed by atoms with Crippen LogP contribution >= 0.6 is 11.8 Å². The van der Waals surface area contributed by atoms with Gasteiger partial charge in [0, 0.05) is 0 Å². The summed E-state index contributed by atoms with van der Waals surface area (Å²) in [5.74, 6) is 0. The van der Waals surface area contributed by atoms with Crippen molar-refractivity contribution < 1.29 is 26.3 Å². The smallest absolute Gasteiger partial charge is 0.213 e. The van der Waals surface area contributed by atoms with Crippen LogP contribution in [-0.2, 0) is 0 Å². The average molecular weight is 182 g/mol.